The summed E-state index contributed by atoms with van der Waals surface area (Å²) in [7, 11) is 0.361. The number of nitrogens with one attached hydrogen (secondary N) is 1. The zero-order valence-electron chi connectivity index (χ0n) is 13.3. The van der Waals surface area contributed by atoms with E-state index in [1.54, 1.807) is 18.5 Å². The summed E-state index contributed by atoms with van der Waals surface area (Å²) in [5, 5.41) is 3.24. The van der Waals surface area contributed by atoms with E-state index in [0.717, 1.165) is 25.5 Å². The van der Waals surface area contributed by atoms with Crippen molar-refractivity contribution in [2.24, 2.45) is 4.99 Å². The van der Waals surface area contributed by atoms with Gasteiger partial charge in [0.15, 0.2) is 5.96 Å². The summed E-state index contributed by atoms with van der Waals surface area (Å²) >= 11 is 0. The molecule has 0 aliphatic carbocycles. The Balaban J connectivity index is 1.80. The van der Waals surface area contributed by atoms with Crippen molar-refractivity contribution in [1.82, 2.24) is 14.5 Å². The summed E-state index contributed by atoms with van der Waals surface area (Å²) in [5.41, 5.74) is 0. The Bertz CT molecular complexity index is 480. The van der Waals surface area contributed by atoms with E-state index in [2.05, 4.69) is 15.2 Å². The maximum Gasteiger partial charge on any atom is 0.214 e. The number of rotatable bonds is 5. The zero-order valence-corrected chi connectivity index (χ0v) is 14.1. The van der Waals surface area contributed by atoms with Crippen LogP contribution in [0.2, 0.25) is 0 Å². The van der Waals surface area contributed by atoms with E-state index in [-0.39, 0.29) is 11.9 Å². The summed E-state index contributed by atoms with van der Waals surface area (Å²) in [5.74, 6) is 1.05. The standard InChI is InChI=1S/C13H26N4O4S/c1-14-13(16-7-8-21-12(10-16)11-20-2)15-4-6-17-5-3-9-22(17,18)19/h12H,3-11H2,1-2H3,(H,14,15). The van der Waals surface area contributed by atoms with Crippen molar-refractivity contribution in [2.45, 2.75) is 12.5 Å². The maximum absolute atomic E-state index is 11.8. The molecule has 128 valence electrons. The number of hydrogen-bond acceptors (Lipinski definition) is 5. The summed E-state index contributed by atoms with van der Waals surface area (Å²) in [6.45, 7) is 4.33. The molecule has 0 aromatic rings. The Hall–Kier alpha value is -0.900. The normalized spacial score (nSPS) is 26.4. The minimum atomic E-state index is -3.03. The third-order valence-corrected chi connectivity index (χ3v) is 5.81. The molecule has 22 heavy (non-hydrogen) atoms. The lowest BCUT2D eigenvalue weighted by atomic mass is 10.3. The second-order valence-corrected chi connectivity index (χ2v) is 7.53. The van der Waals surface area contributed by atoms with Gasteiger partial charge in [0.1, 0.15) is 0 Å². The molecule has 0 aromatic heterocycles. The molecule has 2 rings (SSSR count). The summed E-state index contributed by atoms with van der Waals surface area (Å²) < 4.78 is 35.8. The van der Waals surface area contributed by atoms with Crippen LogP contribution in [0.25, 0.3) is 0 Å². The number of aliphatic imine (C=N–C) groups is 1. The third-order valence-electron chi connectivity index (χ3n) is 3.85. The van der Waals surface area contributed by atoms with E-state index in [1.165, 1.54) is 0 Å². The third kappa shape index (κ3) is 4.55. The molecule has 8 nitrogen and oxygen atoms in total. The van der Waals surface area contributed by atoms with Crippen molar-refractivity contribution in [3.05, 3.63) is 0 Å². The Morgan fingerprint density at radius 3 is 2.91 bits per heavy atom. The second kappa shape index (κ2) is 8.09. The predicted molar refractivity (Wildman–Crippen MR) is 84.5 cm³/mol. The number of ether oxygens (including phenoxy) is 2. The minimum absolute atomic E-state index is 0.0382. The number of methoxy groups -OCH3 is 1. The SMILES string of the molecule is CN=C(NCCN1CCCS1(=O)=O)N1CCOC(COC)C1. The molecule has 0 aromatic carbocycles. The van der Waals surface area contributed by atoms with Crippen molar-refractivity contribution in [3.8, 4) is 0 Å². The highest BCUT2D eigenvalue weighted by Gasteiger charge is 2.28. The fraction of sp³-hybridized carbons (Fsp3) is 0.923. The highest BCUT2D eigenvalue weighted by atomic mass is 32.2. The Morgan fingerprint density at radius 2 is 2.27 bits per heavy atom. The van der Waals surface area contributed by atoms with Gasteiger partial charge in [-0.15, -0.1) is 0 Å². The Morgan fingerprint density at radius 1 is 1.45 bits per heavy atom. The van der Waals surface area contributed by atoms with E-state index in [0.29, 0.717) is 32.8 Å². The first kappa shape index (κ1) is 17.5. The molecule has 2 aliphatic rings. The highest BCUT2D eigenvalue weighted by molar-refractivity contribution is 7.89. The molecular weight excluding hydrogens is 308 g/mol. The van der Waals surface area contributed by atoms with E-state index >= 15 is 0 Å². The summed E-state index contributed by atoms with van der Waals surface area (Å²) in [6, 6.07) is 0. The van der Waals surface area contributed by atoms with Crippen LogP contribution in [0.5, 0.6) is 0 Å². The predicted octanol–water partition coefficient (Wildman–Crippen LogP) is -1.06. The average molecular weight is 334 g/mol. The topological polar surface area (TPSA) is 83.5 Å². The molecule has 2 aliphatic heterocycles. The molecule has 1 N–H and O–H groups in total. The Labute approximate surface area is 132 Å². The Kier molecular flexibility index (Phi) is 6.42. The van der Waals surface area contributed by atoms with Gasteiger partial charge in [-0.25, -0.2) is 12.7 Å². The maximum atomic E-state index is 11.8. The van der Waals surface area contributed by atoms with Crippen LogP contribution >= 0.6 is 0 Å². The van der Waals surface area contributed by atoms with Crippen molar-refractivity contribution in [1.29, 1.82) is 0 Å². The first-order valence-corrected chi connectivity index (χ1v) is 9.21. The lowest BCUT2D eigenvalue weighted by Gasteiger charge is -2.35. The quantitative estimate of drug-likeness (QED) is 0.510. The van der Waals surface area contributed by atoms with Crippen LogP contribution in [-0.2, 0) is 19.5 Å². The van der Waals surface area contributed by atoms with Gasteiger partial charge in [0.05, 0.1) is 25.1 Å². The molecule has 2 fully saturated rings. The molecule has 0 bridgehead atoms. The van der Waals surface area contributed by atoms with Crippen molar-refractivity contribution in [3.63, 3.8) is 0 Å². The molecule has 0 amide bonds. The largest absolute Gasteiger partial charge is 0.382 e. The molecule has 2 heterocycles. The highest BCUT2D eigenvalue weighted by Crippen LogP contribution is 2.12. The monoisotopic (exact) mass is 334 g/mol. The van der Waals surface area contributed by atoms with Gasteiger partial charge in [-0.2, -0.15) is 0 Å². The van der Waals surface area contributed by atoms with E-state index < -0.39 is 10.0 Å². The van der Waals surface area contributed by atoms with Gasteiger partial charge in [-0.1, -0.05) is 0 Å². The van der Waals surface area contributed by atoms with Gasteiger partial charge in [0, 0.05) is 46.9 Å². The zero-order chi connectivity index (χ0) is 16.0. The molecule has 0 saturated carbocycles. The van der Waals surface area contributed by atoms with Crippen molar-refractivity contribution >= 4 is 16.0 Å². The van der Waals surface area contributed by atoms with Gasteiger partial charge in [-0.05, 0) is 6.42 Å². The van der Waals surface area contributed by atoms with Crippen LogP contribution in [0.1, 0.15) is 6.42 Å². The number of nitrogens with zero attached hydrogens (tertiary/aromatic N) is 3. The number of sulfonamides is 1. The van der Waals surface area contributed by atoms with E-state index in [4.69, 9.17) is 9.47 Å². The van der Waals surface area contributed by atoms with Crippen LogP contribution in [-0.4, -0.2) is 95.5 Å². The van der Waals surface area contributed by atoms with E-state index in [1.807, 2.05) is 0 Å². The van der Waals surface area contributed by atoms with Crippen LogP contribution in [0.15, 0.2) is 4.99 Å². The molecule has 9 heteroatoms. The summed E-state index contributed by atoms with van der Waals surface area (Å²) in [6.07, 6.45) is 0.760. The lowest BCUT2D eigenvalue weighted by molar-refractivity contribution is -0.0447. The number of hydrogen-bond donors (Lipinski definition) is 1. The fourth-order valence-corrected chi connectivity index (χ4v) is 4.29. The second-order valence-electron chi connectivity index (χ2n) is 5.44. The van der Waals surface area contributed by atoms with Gasteiger partial charge in [-0.3, -0.25) is 4.99 Å². The van der Waals surface area contributed by atoms with Crippen LogP contribution < -0.4 is 5.32 Å². The van der Waals surface area contributed by atoms with Crippen LogP contribution in [0.3, 0.4) is 0 Å². The van der Waals surface area contributed by atoms with Crippen LogP contribution in [0, 0.1) is 0 Å². The first-order valence-electron chi connectivity index (χ1n) is 7.61. The van der Waals surface area contributed by atoms with Crippen molar-refractivity contribution in [2.75, 3.05) is 65.8 Å². The average Bonchev–Trinajstić information content (AvgIpc) is 2.83. The fourth-order valence-electron chi connectivity index (χ4n) is 2.77. The van der Waals surface area contributed by atoms with Gasteiger partial charge >= 0.3 is 0 Å². The van der Waals surface area contributed by atoms with Gasteiger partial charge in [0.25, 0.3) is 0 Å². The minimum Gasteiger partial charge on any atom is -0.382 e. The molecule has 1 atom stereocenters. The smallest absolute Gasteiger partial charge is 0.214 e. The van der Waals surface area contributed by atoms with Crippen LogP contribution in [0.4, 0.5) is 0 Å². The summed E-state index contributed by atoms with van der Waals surface area (Å²) in [4.78, 5) is 6.39. The lowest BCUT2D eigenvalue weighted by Crippen LogP contribution is -2.52. The molecule has 0 radical (unpaired) electrons. The van der Waals surface area contributed by atoms with Crippen molar-refractivity contribution < 1.29 is 17.9 Å². The number of guanidine groups is 1. The van der Waals surface area contributed by atoms with Gasteiger partial charge < -0.3 is 19.7 Å². The first-order chi connectivity index (χ1) is 10.6. The molecule has 0 spiro atoms. The molecular formula is C13H26N4O4S. The van der Waals surface area contributed by atoms with E-state index in [9.17, 15) is 8.42 Å². The number of morpholine rings is 1. The van der Waals surface area contributed by atoms with Gasteiger partial charge in [0.2, 0.25) is 10.0 Å². The molecule has 1 unspecified atom stereocenters. The molecule has 2 saturated heterocycles.